The van der Waals surface area contributed by atoms with E-state index in [1.54, 1.807) is 37.5 Å². The number of rotatable bonds is 4. The normalized spacial score (nSPS) is 10.9. The highest BCUT2D eigenvalue weighted by molar-refractivity contribution is 6.33. The molecule has 5 aromatic rings. The first-order valence-electron chi connectivity index (χ1n) is 10.4. The van der Waals surface area contributed by atoms with Crippen LogP contribution in [0.3, 0.4) is 0 Å². The number of pyridine rings is 1. The molecule has 4 heterocycles. The van der Waals surface area contributed by atoms with Crippen LogP contribution in [0, 0.1) is 25.1 Å². The Morgan fingerprint density at radius 2 is 1.97 bits per heavy atom. The maximum Gasteiger partial charge on any atom is 0.322 e. The van der Waals surface area contributed by atoms with Crippen LogP contribution >= 0.6 is 11.6 Å². The van der Waals surface area contributed by atoms with Crippen molar-refractivity contribution in [1.82, 2.24) is 29.5 Å². The molecule has 4 aromatic heterocycles. The van der Waals surface area contributed by atoms with Gasteiger partial charge in [0.1, 0.15) is 23.5 Å². The number of anilines is 1. The van der Waals surface area contributed by atoms with Crippen molar-refractivity contribution >= 4 is 28.5 Å². The molecule has 0 saturated carbocycles. The summed E-state index contributed by atoms with van der Waals surface area (Å²) >= 11 is 6.58. The van der Waals surface area contributed by atoms with Crippen molar-refractivity contribution in [2.75, 3.05) is 5.73 Å². The number of fused-ring (bicyclic) bond motifs is 1. The van der Waals surface area contributed by atoms with Gasteiger partial charge in [0.15, 0.2) is 11.6 Å². The number of hydrogen-bond acceptors (Lipinski definition) is 7. The van der Waals surface area contributed by atoms with Crippen molar-refractivity contribution in [3.8, 4) is 46.5 Å². The number of terminal acetylenes is 1. The lowest BCUT2D eigenvalue weighted by atomic mass is 9.99. The fraction of sp³-hybridized carbons (Fsp3) is 0.0800. The molecule has 0 amide bonds. The highest BCUT2D eigenvalue weighted by Crippen LogP contribution is 2.44. The number of nitrogens with zero attached hydrogens (tertiary/aromatic N) is 6. The summed E-state index contributed by atoms with van der Waals surface area (Å²) in [6.07, 6.45) is 9.94. The summed E-state index contributed by atoms with van der Waals surface area (Å²) < 4.78 is 22.6. The zero-order chi connectivity index (χ0) is 24.7. The van der Waals surface area contributed by atoms with Gasteiger partial charge in [-0.2, -0.15) is 0 Å². The monoisotopic (exact) mass is 485 g/mol. The van der Waals surface area contributed by atoms with E-state index in [1.807, 2.05) is 11.6 Å². The molecule has 0 aliphatic rings. The van der Waals surface area contributed by atoms with Gasteiger partial charge >= 0.3 is 6.01 Å². The molecule has 5 rings (SSSR count). The summed E-state index contributed by atoms with van der Waals surface area (Å²) in [5, 5.41) is 0.931. The van der Waals surface area contributed by atoms with Crippen molar-refractivity contribution < 1.29 is 9.13 Å². The van der Waals surface area contributed by atoms with E-state index < -0.39 is 5.82 Å². The Labute approximate surface area is 204 Å². The van der Waals surface area contributed by atoms with E-state index in [4.69, 9.17) is 28.5 Å². The Kier molecular flexibility index (Phi) is 5.51. The second-order valence-corrected chi connectivity index (χ2v) is 8.07. The number of aryl methyl sites for hydroxylation is 2. The average molecular weight is 486 g/mol. The number of hydrogen-bond donors (Lipinski definition) is 1. The Bertz CT molecular complexity index is 1660. The molecule has 2 N–H and O–H groups in total. The van der Waals surface area contributed by atoms with Gasteiger partial charge in [-0.3, -0.25) is 0 Å². The fourth-order valence-electron chi connectivity index (χ4n) is 3.87. The molecular weight excluding hydrogens is 469 g/mol. The number of nitrogens with two attached hydrogens (primary N) is 1. The van der Waals surface area contributed by atoms with E-state index in [9.17, 15) is 0 Å². The molecule has 8 nitrogen and oxygen atoms in total. The molecule has 1 aromatic carbocycles. The van der Waals surface area contributed by atoms with Crippen molar-refractivity contribution in [3.63, 3.8) is 0 Å². The molecule has 0 radical (unpaired) electrons. The van der Waals surface area contributed by atoms with Crippen molar-refractivity contribution in [3.05, 3.63) is 71.3 Å². The van der Waals surface area contributed by atoms with Crippen LogP contribution in [-0.4, -0.2) is 29.5 Å². The molecule has 10 heteroatoms. The molecule has 0 aliphatic carbocycles. The number of benzene rings is 1. The topological polar surface area (TPSA) is 105 Å². The molecule has 0 unspecified atom stereocenters. The minimum Gasteiger partial charge on any atom is -0.421 e. The van der Waals surface area contributed by atoms with Crippen molar-refractivity contribution in [1.29, 1.82) is 0 Å². The third kappa shape index (κ3) is 3.90. The minimum absolute atomic E-state index is 0.0246. The number of nitrogen functional groups attached to an aromatic ring is 1. The molecule has 0 aliphatic heterocycles. The second-order valence-electron chi connectivity index (χ2n) is 7.66. The summed E-state index contributed by atoms with van der Waals surface area (Å²) in [7, 11) is 1.81. The summed E-state index contributed by atoms with van der Waals surface area (Å²) in [6, 6.07) is 7.90. The number of aromatic nitrogens is 6. The Morgan fingerprint density at radius 1 is 1.14 bits per heavy atom. The predicted molar refractivity (Wildman–Crippen MR) is 131 cm³/mol. The van der Waals surface area contributed by atoms with Crippen LogP contribution in [0.25, 0.3) is 33.4 Å². The van der Waals surface area contributed by atoms with E-state index in [2.05, 4.69) is 30.8 Å². The maximum atomic E-state index is 15.2. The second kappa shape index (κ2) is 8.66. The third-order valence-electron chi connectivity index (χ3n) is 5.45. The van der Waals surface area contributed by atoms with E-state index in [0.717, 1.165) is 0 Å². The summed E-state index contributed by atoms with van der Waals surface area (Å²) in [5.41, 5.74) is 10.2. The van der Waals surface area contributed by atoms with Gasteiger partial charge in [0.2, 0.25) is 0 Å². The van der Waals surface area contributed by atoms with Crippen LogP contribution in [0.2, 0.25) is 5.02 Å². The Morgan fingerprint density at radius 3 is 2.69 bits per heavy atom. The lowest BCUT2D eigenvalue weighted by Gasteiger charge is -2.12. The van der Waals surface area contributed by atoms with Crippen LogP contribution in [0.15, 0.2) is 49.1 Å². The van der Waals surface area contributed by atoms with Crippen LogP contribution in [0.1, 0.15) is 11.4 Å². The predicted octanol–water partition coefficient (Wildman–Crippen LogP) is 4.94. The van der Waals surface area contributed by atoms with Gasteiger partial charge < -0.3 is 15.0 Å². The maximum absolute atomic E-state index is 15.2. The summed E-state index contributed by atoms with van der Waals surface area (Å²) in [4.78, 5) is 21.0. The van der Waals surface area contributed by atoms with E-state index in [1.165, 1.54) is 18.5 Å². The van der Waals surface area contributed by atoms with Gasteiger partial charge in [0.25, 0.3) is 0 Å². The van der Waals surface area contributed by atoms with Gasteiger partial charge in [-0.05, 0) is 36.8 Å². The van der Waals surface area contributed by atoms with Crippen LogP contribution in [-0.2, 0) is 7.05 Å². The molecule has 0 fully saturated rings. The molecule has 0 bridgehead atoms. The molecule has 172 valence electrons. The minimum atomic E-state index is -0.613. The van der Waals surface area contributed by atoms with Gasteiger partial charge in [0.05, 0.1) is 16.1 Å². The zero-order valence-corrected chi connectivity index (χ0v) is 19.4. The van der Waals surface area contributed by atoms with Gasteiger partial charge in [-0.1, -0.05) is 23.6 Å². The molecular formula is C25H17ClFN7O. The first-order chi connectivity index (χ1) is 16.9. The van der Waals surface area contributed by atoms with Crippen molar-refractivity contribution in [2.24, 2.45) is 7.05 Å². The van der Waals surface area contributed by atoms with E-state index >= 15 is 4.39 Å². The van der Waals surface area contributed by atoms with E-state index in [0.29, 0.717) is 49.8 Å². The molecule has 0 atom stereocenters. The lowest BCUT2D eigenvalue weighted by Crippen LogP contribution is -1.97. The quantitative estimate of drug-likeness (QED) is 0.359. The standard InChI is InChI=1S/C25H17ClFN7O/c1-4-15-10-17(26)16(11-30-15)22-20(21-23(28)31-12-32-24(21)34(22)3)14-5-6-19(18(27)9-14)35-25-29-8-7-13(2)33-25/h1,5-12H,2-3H3,(H2,28,31,32). The Balaban J connectivity index is 1.71. The average Bonchev–Trinajstić information content (AvgIpc) is 3.14. The van der Waals surface area contributed by atoms with Crippen LogP contribution < -0.4 is 10.5 Å². The first kappa shape index (κ1) is 22.3. The number of ether oxygens (including phenoxy) is 1. The fourth-order valence-corrected chi connectivity index (χ4v) is 4.11. The van der Waals surface area contributed by atoms with Gasteiger partial charge in [0, 0.05) is 36.3 Å². The van der Waals surface area contributed by atoms with E-state index in [-0.39, 0.29) is 17.6 Å². The SMILES string of the molecule is C#Cc1cc(Cl)c(-c2c(-c3ccc(Oc4nccc(C)n4)c(F)c3)c3c(N)ncnc3n2C)cn1. The molecule has 35 heavy (non-hydrogen) atoms. The Hall–Kier alpha value is -4.55. The van der Waals surface area contributed by atoms with Crippen LogP contribution in [0.5, 0.6) is 11.8 Å². The first-order valence-corrected chi connectivity index (χ1v) is 10.7. The summed E-state index contributed by atoms with van der Waals surface area (Å²) in [6.45, 7) is 1.79. The molecule has 0 saturated heterocycles. The highest BCUT2D eigenvalue weighted by Gasteiger charge is 2.24. The van der Waals surface area contributed by atoms with Gasteiger partial charge in [-0.15, -0.1) is 6.42 Å². The third-order valence-corrected chi connectivity index (χ3v) is 5.76. The zero-order valence-electron chi connectivity index (χ0n) is 18.6. The van der Waals surface area contributed by atoms with Crippen molar-refractivity contribution in [2.45, 2.75) is 6.92 Å². The lowest BCUT2D eigenvalue weighted by molar-refractivity contribution is 0.410. The summed E-state index contributed by atoms with van der Waals surface area (Å²) in [5.74, 6) is 2.06. The highest BCUT2D eigenvalue weighted by atomic mass is 35.5. The number of halogens is 2. The largest absolute Gasteiger partial charge is 0.421 e. The smallest absolute Gasteiger partial charge is 0.322 e. The van der Waals surface area contributed by atoms with Gasteiger partial charge in [-0.25, -0.2) is 29.3 Å². The molecule has 0 spiro atoms. The van der Waals surface area contributed by atoms with Crippen LogP contribution in [0.4, 0.5) is 10.2 Å².